The Balaban J connectivity index is 1.10. The van der Waals surface area contributed by atoms with E-state index in [1.807, 2.05) is 0 Å². The fraction of sp³-hybridized carbons (Fsp3) is 0.474. The second kappa shape index (κ2) is 20.7. The van der Waals surface area contributed by atoms with Crippen LogP contribution in [0.2, 0.25) is 0 Å². The van der Waals surface area contributed by atoms with Crippen LogP contribution in [0, 0.1) is 0 Å². The third kappa shape index (κ3) is 12.3. The molecule has 0 saturated carbocycles. The topological polar surface area (TPSA) is 142 Å². The molecule has 12 nitrogen and oxygen atoms in total. The number of unbranched alkanes of at least 4 members (excludes halogenated alkanes) is 6. The van der Waals surface area contributed by atoms with Crippen molar-refractivity contribution in [3.05, 3.63) is 85.0 Å². The first kappa shape index (κ1) is 38.1. The highest BCUT2D eigenvalue weighted by Gasteiger charge is 2.51. The number of benzene rings is 2. The van der Waals surface area contributed by atoms with Crippen molar-refractivity contribution in [1.29, 1.82) is 0 Å². The van der Waals surface area contributed by atoms with Gasteiger partial charge in [0.25, 0.3) is 0 Å². The molecular formula is C38H46O12. The number of ether oxygens (including phenoxy) is 8. The summed E-state index contributed by atoms with van der Waals surface area (Å²) < 4.78 is 44.5. The number of fused-ring (bicyclic) bond motifs is 1. The summed E-state index contributed by atoms with van der Waals surface area (Å²) in [5.41, 5.74) is 0.735. The molecule has 0 radical (unpaired) electrons. The summed E-state index contributed by atoms with van der Waals surface area (Å²) in [5, 5.41) is 0. The van der Waals surface area contributed by atoms with Crippen LogP contribution in [0.15, 0.2) is 73.8 Å². The Morgan fingerprint density at radius 2 is 0.920 bits per heavy atom. The summed E-state index contributed by atoms with van der Waals surface area (Å²) in [6.45, 7) is 8.81. The third-order valence-electron chi connectivity index (χ3n) is 8.10. The Morgan fingerprint density at radius 3 is 1.28 bits per heavy atom. The maximum Gasteiger partial charge on any atom is 0.338 e. The minimum atomic E-state index is -0.640. The molecule has 0 N–H and O–H groups in total. The molecule has 0 spiro atoms. The molecule has 2 fully saturated rings. The van der Waals surface area contributed by atoms with Crippen LogP contribution >= 0.6 is 0 Å². The van der Waals surface area contributed by atoms with Gasteiger partial charge in [-0.05, 0) is 99.9 Å². The summed E-state index contributed by atoms with van der Waals surface area (Å²) in [6, 6.07) is 13.4. The number of carbonyl (C=O) groups is 4. The van der Waals surface area contributed by atoms with Crippen LogP contribution in [0.4, 0.5) is 0 Å². The van der Waals surface area contributed by atoms with Crippen LogP contribution in [0.1, 0.15) is 72.1 Å². The lowest BCUT2D eigenvalue weighted by Crippen LogP contribution is -2.36. The van der Waals surface area contributed by atoms with Crippen molar-refractivity contribution in [2.75, 3.05) is 39.6 Å². The van der Waals surface area contributed by atoms with Crippen molar-refractivity contribution in [1.82, 2.24) is 0 Å². The van der Waals surface area contributed by atoms with Crippen molar-refractivity contribution >= 4 is 23.9 Å². The number of carbonyl (C=O) groups excluding carboxylic acids is 4. The van der Waals surface area contributed by atoms with Gasteiger partial charge < -0.3 is 37.9 Å². The van der Waals surface area contributed by atoms with E-state index >= 15 is 0 Å². The predicted molar refractivity (Wildman–Crippen MR) is 181 cm³/mol. The van der Waals surface area contributed by atoms with Crippen LogP contribution in [0.5, 0.6) is 11.5 Å². The van der Waals surface area contributed by atoms with Gasteiger partial charge in [-0.15, -0.1) is 0 Å². The Morgan fingerprint density at radius 1 is 0.560 bits per heavy atom. The Kier molecular flexibility index (Phi) is 15.8. The van der Waals surface area contributed by atoms with Gasteiger partial charge in [0, 0.05) is 12.2 Å². The van der Waals surface area contributed by atoms with Gasteiger partial charge in [-0.25, -0.2) is 19.2 Å². The van der Waals surface area contributed by atoms with Gasteiger partial charge in [0.15, 0.2) is 12.2 Å². The molecule has 2 aromatic carbocycles. The average Bonchev–Trinajstić information content (AvgIpc) is 3.73. The molecule has 1 unspecified atom stereocenters. The van der Waals surface area contributed by atoms with Gasteiger partial charge in [0.1, 0.15) is 23.7 Å². The number of rotatable bonds is 22. The molecule has 0 aromatic heterocycles. The lowest BCUT2D eigenvalue weighted by Gasteiger charge is -2.17. The molecule has 2 saturated heterocycles. The maximum absolute atomic E-state index is 12.9. The average molecular weight is 695 g/mol. The summed E-state index contributed by atoms with van der Waals surface area (Å²) in [7, 11) is 0. The van der Waals surface area contributed by atoms with Gasteiger partial charge >= 0.3 is 23.9 Å². The Bertz CT molecular complexity index is 1300. The highest BCUT2D eigenvalue weighted by atomic mass is 16.7. The highest BCUT2D eigenvalue weighted by Crippen LogP contribution is 2.32. The van der Waals surface area contributed by atoms with Gasteiger partial charge in [0.05, 0.1) is 50.8 Å². The van der Waals surface area contributed by atoms with Crippen LogP contribution in [-0.4, -0.2) is 87.9 Å². The van der Waals surface area contributed by atoms with E-state index in [9.17, 15) is 19.2 Å². The number of hydrogen-bond donors (Lipinski definition) is 0. The third-order valence-corrected chi connectivity index (χ3v) is 8.10. The molecule has 50 heavy (non-hydrogen) atoms. The first-order chi connectivity index (χ1) is 24.4. The van der Waals surface area contributed by atoms with E-state index in [4.69, 9.17) is 37.9 Å². The Labute approximate surface area is 292 Å². The lowest BCUT2D eigenvalue weighted by atomic mass is 10.1. The van der Waals surface area contributed by atoms with Crippen molar-refractivity contribution in [3.8, 4) is 11.5 Å². The van der Waals surface area contributed by atoms with Gasteiger partial charge in [-0.1, -0.05) is 13.2 Å². The molecule has 270 valence electrons. The van der Waals surface area contributed by atoms with E-state index in [0.717, 1.165) is 63.5 Å². The van der Waals surface area contributed by atoms with E-state index in [-0.39, 0.29) is 13.2 Å². The van der Waals surface area contributed by atoms with Gasteiger partial charge in [-0.2, -0.15) is 0 Å². The molecule has 0 amide bonds. The predicted octanol–water partition coefficient (Wildman–Crippen LogP) is 5.57. The van der Waals surface area contributed by atoms with Crippen LogP contribution < -0.4 is 9.47 Å². The second-order valence-corrected chi connectivity index (χ2v) is 11.8. The zero-order chi connectivity index (χ0) is 35.6. The first-order valence-corrected chi connectivity index (χ1v) is 17.1. The minimum absolute atomic E-state index is 0.127. The standard InChI is InChI=1S/C38H46O12/c1-3-33(39)45-23-11-7-5-9-21-43-29-17-13-27(14-18-29)37(41)49-31-25-47-36-32(26-48-35(31)36)50-38(42)28-15-19-30(20-16-28)44-22-10-6-8-12-24-46-34(40)4-2/h3-4,13-20,31-32,35-36H,1-2,5-12,21-26H2/t31-,32?,35+,36+/m1/s1. The van der Waals surface area contributed by atoms with Crippen molar-refractivity contribution in [2.24, 2.45) is 0 Å². The van der Waals surface area contributed by atoms with Gasteiger partial charge in [-0.3, -0.25) is 0 Å². The van der Waals surface area contributed by atoms with E-state index in [2.05, 4.69) is 13.2 Å². The van der Waals surface area contributed by atoms with E-state index < -0.39 is 48.3 Å². The van der Waals surface area contributed by atoms with E-state index in [1.165, 1.54) is 0 Å². The summed E-state index contributed by atoms with van der Waals surface area (Å²) >= 11 is 0. The normalized spacial score (nSPS) is 19.1. The van der Waals surface area contributed by atoms with E-state index in [1.54, 1.807) is 48.5 Å². The molecule has 2 aliphatic heterocycles. The zero-order valence-electron chi connectivity index (χ0n) is 28.3. The smallest absolute Gasteiger partial charge is 0.338 e. The van der Waals surface area contributed by atoms with Crippen LogP contribution in [0.3, 0.4) is 0 Å². The quantitative estimate of drug-likeness (QED) is 0.0658. The van der Waals surface area contributed by atoms with Crippen molar-refractivity contribution in [2.45, 2.75) is 75.8 Å². The molecule has 2 heterocycles. The maximum atomic E-state index is 12.9. The molecule has 4 atom stereocenters. The van der Waals surface area contributed by atoms with E-state index in [0.29, 0.717) is 49.1 Å². The minimum Gasteiger partial charge on any atom is -0.494 e. The number of hydrogen-bond acceptors (Lipinski definition) is 12. The van der Waals surface area contributed by atoms with Crippen molar-refractivity contribution in [3.63, 3.8) is 0 Å². The number of esters is 4. The summed E-state index contributed by atoms with van der Waals surface area (Å²) in [6.07, 6.45) is 6.93. The largest absolute Gasteiger partial charge is 0.494 e. The fourth-order valence-corrected chi connectivity index (χ4v) is 5.38. The SMILES string of the molecule is C=CC(=O)OCCCCCCOc1ccc(C(=O)OC2CO[C@H]3[C@H](OC(=O)c4ccc(OCCCCCCOC(=O)C=C)cc4)CO[C@@H]23)cc1. The van der Waals surface area contributed by atoms with Gasteiger partial charge in [0.2, 0.25) is 0 Å². The first-order valence-electron chi connectivity index (χ1n) is 17.1. The fourth-order valence-electron chi connectivity index (χ4n) is 5.38. The summed E-state index contributed by atoms with van der Waals surface area (Å²) in [5.74, 6) is -0.553. The lowest BCUT2D eigenvalue weighted by molar-refractivity contribution is -0.138. The van der Waals surface area contributed by atoms with Crippen molar-refractivity contribution < 1.29 is 57.1 Å². The molecule has 12 heteroatoms. The molecule has 0 aliphatic carbocycles. The second-order valence-electron chi connectivity index (χ2n) is 11.8. The highest BCUT2D eigenvalue weighted by molar-refractivity contribution is 5.90. The zero-order valence-corrected chi connectivity index (χ0v) is 28.3. The molecule has 4 rings (SSSR count). The summed E-state index contributed by atoms with van der Waals surface area (Å²) in [4.78, 5) is 47.8. The molecule has 2 aromatic rings. The Hall–Kier alpha value is -4.68. The van der Waals surface area contributed by atoms with Crippen LogP contribution in [-0.2, 0) is 38.0 Å². The molecule has 2 aliphatic rings. The monoisotopic (exact) mass is 694 g/mol. The van der Waals surface area contributed by atoms with Crippen LogP contribution in [0.25, 0.3) is 0 Å². The molecule has 0 bridgehead atoms. The molecular weight excluding hydrogens is 648 g/mol.